The summed E-state index contributed by atoms with van der Waals surface area (Å²) in [4.78, 5) is 24.5. The molecule has 7 heteroatoms. The zero-order chi connectivity index (χ0) is 20.4. The largest absolute Gasteiger partial charge is 0.337 e. The zero-order valence-electron chi connectivity index (χ0n) is 16.9. The molecule has 0 bridgehead atoms. The molecule has 3 aromatic heterocycles. The van der Waals surface area contributed by atoms with Crippen molar-refractivity contribution in [2.24, 2.45) is 7.05 Å². The molecule has 0 aliphatic carbocycles. The number of para-hydroxylation sites is 1. The molecular weight excluding hydrogens is 364 g/mol. The first-order chi connectivity index (χ1) is 14.1. The van der Waals surface area contributed by atoms with Gasteiger partial charge in [-0.3, -0.25) is 9.48 Å². The van der Waals surface area contributed by atoms with Crippen LogP contribution in [0, 0.1) is 0 Å². The number of fused-ring (bicyclic) bond motifs is 1. The summed E-state index contributed by atoms with van der Waals surface area (Å²) < 4.78 is 3.79. The predicted octanol–water partition coefficient (Wildman–Crippen LogP) is 3.51. The first-order valence-electron chi connectivity index (χ1n) is 9.78. The van der Waals surface area contributed by atoms with E-state index in [0.29, 0.717) is 18.7 Å². The summed E-state index contributed by atoms with van der Waals surface area (Å²) in [6, 6.07) is 9.64. The van der Waals surface area contributed by atoms with Gasteiger partial charge in [-0.05, 0) is 26.0 Å². The van der Waals surface area contributed by atoms with Gasteiger partial charge in [0.2, 0.25) is 0 Å². The third-order valence-corrected chi connectivity index (χ3v) is 5.12. The number of carbonyl (C=O) groups excluding carboxylic acids is 1. The molecule has 0 fully saturated rings. The van der Waals surface area contributed by atoms with Gasteiger partial charge in [-0.2, -0.15) is 5.10 Å². The maximum absolute atomic E-state index is 13.5. The highest BCUT2D eigenvalue weighted by atomic mass is 16.2. The van der Waals surface area contributed by atoms with Crippen LogP contribution < -0.4 is 0 Å². The number of hydrogen-bond donors (Lipinski definition) is 0. The highest BCUT2D eigenvalue weighted by Crippen LogP contribution is 2.26. The average Bonchev–Trinajstić information content (AvgIpc) is 3.39. The number of rotatable bonds is 6. The predicted molar refractivity (Wildman–Crippen MR) is 112 cm³/mol. The second kappa shape index (κ2) is 7.87. The van der Waals surface area contributed by atoms with Crippen LogP contribution in [0.25, 0.3) is 22.2 Å². The van der Waals surface area contributed by atoms with E-state index < -0.39 is 0 Å². The van der Waals surface area contributed by atoms with Gasteiger partial charge in [0.1, 0.15) is 5.82 Å². The first-order valence-corrected chi connectivity index (χ1v) is 9.78. The van der Waals surface area contributed by atoms with Crippen molar-refractivity contribution in [2.75, 3.05) is 6.54 Å². The van der Waals surface area contributed by atoms with Crippen molar-refractivity contribution in [2.45, 2.75) is 26.9 Å². The van der Waals surface area contributed by atoms with Crippen LogP contribution >= 0.6 is 0 Å². The molecule has 0 unspecified atom stereocenters. The van der Waals surface area contributed by atoms with Gasteiger partial charge in [-0.15, -0.1) is 0 Å². The van der Waals surface area contributed by atoms with Gasteiger partial charge >= 0.3 is 0 Å². The molecule has 148 valence electrons. The molecule has 0 spiro atoms. The molecule has 0 radical (unpaired) electrons. The topological polar surface area (TPSA) is 68.8 Å². The van der Waals surface area contributed by atoms with Crippen LogP contribution in [-0.2, 0) is 20.1 Å². The number of benzene rings is 1. The lowest BCUT2D eigenvalue weighted by molar-refractivity contribution is 0.0749. The summed E-state index contributed by atoms with van der Waals surface area (Å²) in [6.45, 7) is 5.85. The van der Waals surface area contributed by atoms with E-state index in [2.05, 4.69) is 10.1 Å². The Bertz CT molecular complexity index is 1160. The van der Waals surface area contributed by atoms with E-state index in [4.69, 9.17) is 4.98 Å². The fourth-order valence-corrected chi connectivity index (χ4v) is 3.39. The lowest BCUT2D eigenvalue weighted by Gasteiger charge is -2.21. The van der Waals surface area contributed by atoms with Crippen molar-refractivity contribution in [3.8, 4) is 11.3 Å². The van der Waals surface area contributed by atoms with E-state index in [1.807, 2.05) is 77.8 Å². The maximum Gasteiger partial charge on any atom is 0.255 e. The Morgan fingerprint density at radius 3 is 2.72 bits per heavy atom. The van der Waals surface area contributed by atoms with Crippen LogP contribution in [0.1, 0.15) is 30.0 Å². The van der Waals surface area contributed by atoms with Crippen LogP contribution in [0.3, 0.4) is 0 Å². The summed E-state index contributed by atoms with van der Waals surface area (Å²) >= 11 is 0. The van der Waals surface area contributed by atoms with Crippen molar-refractivity contribution < 1.29 is 4.79 Å². The monoisotopic (exact) mass is 388 g/mol. The Morgan fingerprint density at radius 1 is 1.21 bits per heavy atom. The van der Waals surface area contributed by atoms with Crippen LogP contribution in [0.2, 0.25) is 0 Å². The number of aryl methyl sites for hydroxylation is 2. The third kappa shape index (κ3) is 3.63. The van der Waals surface area contributed by atoms with Gasteiger partial charge in [0, 0.05) is 49.7 Å². The quantitative estimate of drug-likeness (QED) is 0.507. The lowest BCUT2D eigenvalue weighted by atomic mass is 10.0. The molecule has 7 nitrogen and oxygen atoms in total. The van der Waals surface area contributed by atoms with Gasteiger partial charge in [0.15, 0.2) is 0 Å². The van der Waals surface area contributed by atoms with E-state index in [1.165, 1.54) is 0 Å². The summed E-state index contributed by atoms with van der Waals surface area (Å²) in [5.74, 6) is 0.821. The maximum atomic E-state index is 13.5. The molecule has 4 aromatic rings. The highest BCUT2D eigenvalue weighted by molar-refractivity contribution is 6.07. The average molecular weight is 388 g/mol. The van der Waals surface area contributed by atoms with Gasteiger partial charge in [-0.25, -0.2) is 9.97 Å². The minimum atomic E-state index is -0.0294. The third-order valence-electron chi connectivity index (χ3n) is 5.12. The van der Waals surface area contributed by atoms with Gasteiger partial charge in [0.05, 0.1) is 29.5 Å². The Labute approximate surface area is 169 Å². The Hall–Kier alpha value is -3.48. The van der Waals surface area contributed by atoms with E-state index in [1.54, 1.807) is 12.4 Å². The normalized spacial score (nSPS) is 11.1. The molecule has 0 aliphatic rings. The van der Waals surface area contributed by atoms with E-state index in [0.717, 1.165) is 34.5 Å². The van der Waals surface area contributed by atoms with Crippen molar-refractivity contribution in [3.63, 3.8) is 0 Å². The minimum absolute atomic E-state index is 0.0294. The molecule has 29 heavy (non-hydrogen) atoms. The highest BCUT2D eigenvalue weighted by Gasteiger charge is 2.20. The van der Waals surface area contributed by atoms with Crippen LogP contribution in [0.5, 0.6) is 0 Å². The summed E-state index contributed by atoms with van der Waals surface area (Å²) in [5, 5.41) is 5.20. The van der Waals surface area contributed by atoms with E-state index in [9.17, 15) is 4.79 Å². The minimum Gasteiger partial charge on any atom is -0.337 e. The number of imidazole rings is 1. The fourth-order valence-electron chi connectivity index (χ4n) is 3.39. The zero-order valence-corrected chi connectivity index (χ0v) is 16.9. The molecular formula is C22H24N6O. The molecule has 0 saturated heterocycles. The Kier molecular flexibility index (Phi) is 5.12. The SMILES string of the molecule is CCN(Cc1nccn1C)C(=O)c1cc(-c2cnn(CC)c2)nc2ccccc12. The second-order valence-corrected chi connectivity index (χ2v) is 6.93. The van der Waals surface area contributed by atoms with E-state index in [-0.39, 0.29) is 5.91 Å². The van der Waals surface area contributed by atoms with Crippen molar-refractivity contribution in [1.82, 2.24) is 29.2 Å². The smallest absolute Gasteiger partial charge is 0.255 e. The molecule has 0 aliphatic heterocycles. The van der Waals surface area contributed by atoms with Gasteiger partial charge in [-0.1, -0.05) is 18.2 Å². The van der Waals surface area contributed by atoms with Crippen molar-refractivity contribution in [3.05, 3.63) is 66.5 Å². The molecule has 0 saturated carbocycles. The Balaban J connectivity index is 1.78. The lowest BCUT2D eigenvalue weighted by Crippen LogP contribution is -2.31. The molecule has 1 amide bonds. The van der Waals surface area contributed by atoms with Gasteiger partial charge in [0.25, 0.3) is 5.91 Å². The van der Waals surface area contributed by atoms with Crippen LogP contribution in [-0.4, -0.2) is 41.7 Å². The molecule has 4 rings (SSSR count). The number of pyridine rings is 1. The number of hydrogen-bond acceptors (Lipinski definition) is 4. The number of nitrogens with zero attached hydrogens (tertiary/aromatic N) is 6. The molecule has 3 heterocycles. The summed E-state index contributed by atoms with van der Waals surface area (Å²) in [7, 11) is 1.94. The molecule has 0 N–H and O–H groups in total. The van der Waals surface area contributed by atoms with Crippen LogP contribution in [0.4, 0.5) is 0 Å². The van der Waals surface area contributed by atoms with Crippen molar-refractivity contribution in [1.29, 1.82) is 0 Å². The summed E-state index contributed by atoms with van der Waals surface area (Å²) in [5.41, 5.74) is 3.09. The van der Waals surface area contributed by atoms with Gasteiger partial charge < -0.3 is 9.47 Å². The van der Waals surface area contributed by atoms with Crippen LogP contribution in [0.15, 0.2) is 55.1 Å². The Morgan fingerprint density at radius 2 is 2.03 bits per heavy atom. The molecule has 0 atom stereocenters. The second-order valence-electron chi connectivity index (χ2n) is 6.93. The van der Waals surface area contributed by atoms with E-state index >= 15 is 0 Å². The fraction of sp³-hybridized carbons (Fsp3) is 0.273. The number of amides is 1. The number of aromatic nitrogens is 5. The first kappa shape index (κ1) is 18.9. The standard InChI is InChI=1S/C22H24N6O/c1-4-27(15-21-23-10-11-26(21)3)22(29)18-12-20(16-13-24-28(5-2)14-16)25-19-9-7-6-8-17(18)19/h6-14H,4-5,15H2,1-3H3. The summed E-state index contributed by atoms with van der Waals surface area (Å²) in [6.07, 6.45) is 7.38. The van der Waals surface area contributed by atoms with Crippen molar-refractivity contribution >= 4 is 16.8 Å². The number of carbonyl (C=O) groups is 1. The molecule has 1 aromatic carbocycles.